The van der Waals surface area contributed by atoms with E-state index in [0.717, 1.165) is 19.3 Å². The molecule has 0 saturated carbocycles. The van der Waals surface area contributed by atoms with E-state index in [1.54, 1.807) is 30.3 Å². The first-order valence-electron chi connectivity index (χ1n) is 10.4. The molecule has 1 heterocycles. The van der Waals surface area contributed by atoms with Crippen LogP contribution in [-0.2, 0) is 10.0 Å². The van der Waals surface area contributed by atoms with Crippen LogP contribution in [0.5, 0.6) is 5.75 Å². The number of hydrogen-bond donors (Lipinski definition) is 2. The summed E-state index contributed by atoms with van der Waals surface area (Å²) in [6.07, 6.45) is 4.18. The Morgan fingerprint density at radius 1 is 1.06 bits per heavy atom. The number of sulfonamides is 1. The molecule has 0 aromatic heterocycles. The van der Waals surface area contributed by atoms with Crippen LogP contribution in [0, 0.1) is 0 Å². The van der Waals surface area contributed by atoms with Crippen molar-refractivity contribution < 1.29 is 22.7 Å². The maximum Gasteiger partial charge on any atom is 0.259 e. The summed E-state index contributed by atoms with van der Waals surface area (Å²) in [5.74, 6) is -0.718. The highest BCUT2D eigenvalue weighted by atomic mass is 32.2. The van der Waals surface area contributed by atoms with E-state index in [9.17, 15) is 18.0 Å². The van der Waals surface area contributed by atoms with Crippen molar-refractivity contribution in [3.05, 3.63) is 66.2 Å². The number of nitrogens with zero attached hydrogens (tertiary/aromatic N) is 1. The lowest BCUT2D eigenvalue weighted by molar-refractivity contribution is 0.0959. The van der Waals surface area contributed by atoms with Gasteiger partial charge in [-0.15, -0.1) is 6.58 Å². The van der Waals surface area contributed by atoms with Crippen LogP contribution in [0.1, 0.15) is 40.0 Å². The van der Waals surface area contributed by atoms with Crippen LogP contribution >= 0.6 is 0 Å². The first-order valence-corrected chi connectivity index (χ1v) is 11.8. The fourth-order valence-electron chi connectivity index (χ4n) is 3.52. The SMILES string of the molecule is C=CCNC(=O)c1ccccc1NC(=O)c1cc(S(=O)(=O)N2CCCCC2)ccc1OC. The van der Waals surface area contributed by atoms with E-state index < -0.39 is 15.9 Å². The Balaban J connectivity index is 1.91. The third-order valence-electron chi connectivity index (χ3n) is 5.20. The van der Waals surface area contributed by atoms with Crippen LogP contribution in [0.2, 0.25) is 0 Å². The third kappa shape index (κ3) is 5.17. The van der Waals surface area contributed by atoms with Gasteiger partial charge in [0.1, 0.15) is 5.75 Å². The van der Waals surface area contributed by atoms with Crippen LogP contribution in [0.4, 0.5) is 5.69 Å². The van der Waals surface area contributed by atoms with Gasteiger partial charge in [0.05, 0.1) is 28.8 Å². The highest BCUT2D eigenvalue weighted by molar-refractivity contribution is 7.89. The molecule has 32 heavy (non-hydrogen) atoms. The molecule has 2 aromatic rings. The number of para-hydroxylation sites is 1. The number of methoxy groups -OCH3 is 1. The lowest BCUT2D eigenvalue weighted by Crippen LogP contribution is -2.35. The number of carbonyl (C=O) groups is 2. The number of rotatable bonds is 8. The van der Waals surface area contributed by atoms with E-state index in [2.05, 4.69) is 17.2 Å². The molecule has 0 atom stereocenters. The number of anilines is 1. The summed E-state index contributed by atoms with van der Waals surface area (Å²) in [6.45, 7) is 4.77. The predicted molar refractivity (Wildman–Crippen MR) is 123 cm³/mol. The molecule has 0 bridgehead atoms. The average molecular weight is 458 g/mol. The van der Waals surface area contributed by atoms with Crippen molar-refractivity contribution in [3.8, 4) is 5.75 Å². The molecule has 2 N–H and O–H groups in total. The lowest BCUT2D eigenvalue weighted by Gasteiger charge is -2.26. The molecule has 2 amide bonds. The molecule has 170 valence electrons. The molecule has 0 spiro atoms. The van der Waals surface area contributed by atoms with Gasteiger partial charge in [-0.1, -0.05) is 24.6 Å². The molecule has 1 fully saturated rings. The second kappa shape index (κ2) is 10.4. The fourth-order valence-corrected chi connectivity index (χ4v) is 5.06. The Labute approximate surface area is 188 Å². The Kier molecular flexibility index (Phi) is 7.66. The maximum absolute atomic E-state index is 13.1. The van der Waals surface area contributed by atoms with Crippen molar-refractivity contribution >= 4 is 27.5 Å². The summed E-state index contributed by atoms with van der Waals surface area (Å²) >= 11 is 0. The topological polar surface area (TPSA) is 105 Å². The Morgan fingerprint density at radius 3 is 2.47 bits per heavy atom. The largest absolute Gasteiger partial charge is 0.496 e. The standard InChI is InChI=1S/C23H27N3O5S/c1-3-13-24-22(27)18-9-5-6-10-20(18)25-23(28)19-16-17(11-12-21(19)31-2)32(29,30)26-14-7-4-8-15-26/h3,5-6,9-12,16H,1,4,7-8,13-15H2,2H3,(H,24,27)(H,25,28). The number of ether oxygens (including phenoxy) is 1. The van der Waals surface area contributed by atoms with Gasteiger partial charge < -0.3 is 15.4 Å². The minimum Gasteiger partial charge on any atom is -0.496 e. The first-order chi connectivity index (χ1) is 15.4. The smallest absolute Gasteiger partial charge is 0.259 e. The van der Waals surface area contributed by atoms with Crippen molar-refractivity contribution in [1.29, 1.82) is 0 Å². The molecule has 0 unspecified atom stereocenters. The van der Waals surface area contributed by atoms with E-state index in [-0.39, 0.29) is 34.2 Å². The van der Waals surface area contributed by atoms with Crippen LogP contribution in [0.15, 0.2) is 60.0 Å². The zero-order chi connectivity index (χ0) is 23.1. The van der Waals surface area contributed by atoms with Gasteiger partial charge in [0.15, 0.2) is 0 Å². The summed E-state index contributed by atoms with van der Waals surface area (Å²) < 4.78 is 32.8. The zero-order valence-electron chi connectivity index (χ0n) is 18.0. The number of amides is 2. The Bertz CT molecular complexity index is 1110. The maximum atomic E-state index is 13.1. The molecule has 1 aliphatic rings. The van der Waals surface area contributed by atoms with Crippen LogP contribution in [-0.4, -0.2) is 51.3 Å². The second-order valence-corrected chi connectivity index (χ2v) is 9.26. The van der Waals surface area contributed by atoms with E-state index in [4.69, 9.17) is 4.74 Å². The molecular weight excluding hydrogens is 430 g/mol. The molecule has 2 aromatic carbocycles. The number of benzene rings is 2. The number of hydrogen-bond acceptors (Lipinski definition) is 5. The van der Waals surface area contributed by atoms with E-state index >= 15 is 0 Å². The number of piperidine rings is 1. The molecular formula is C23H27N3O5S. The van der Waals surface area contributed by atoms with Gasteiger partial charge >= 0.3 is 0 Å². The van der Waals surface area contributed by atoms with E-state index in [1.165, 1.54) is 29.6 Å². The molecule has 0 radical (unpaired) electrons. The third-order valence-corrected chi connectivity index (χ3v) is 7.09. The molecule has 8 nitrogen and oxygen atoms in total. The average Bonchev–Trinajstić information content (AvgIpc) is 2.82. The summed E-state index contributed by atoms with van der Waals surface area (Å²) in [7, 11) is -2.32. The minimum atomic E-state index is -3.72. The summed E-state index contributed by atoms with van der Waals surface area (Å²) in [5.41, 5.74) is 0.635. The highest BCUT2D eigenvalue weighted by Gasteiger charge is 2.28. The Hall–Kier alpha value is -3.17. The molecule has 9 heteroatoms. The van der Waals surface area contributed by atoms with Crippen molar-refractivity contribution in [3.63, 3.8) is 0 Å². The van der Waals surface area contributed by atoms with Gasteiger partial charge in [0, 0.05) is 19.6 Å². The highest BCUT2D eigenvalue weighted by Crippen LogP contribution is 2.27. The predicted octanol–water partition coefficient (Wildman–Crippen LogP) is 3.04. The van der Waals surface area contributed by atoms with Crippen molar-refractivity contribution in [2.75, 3.05) is 32.1 Å². The fraction of sp³-hybridized carbons (Fsp3) is 0.304. The molecule has 0 aliphatic carbocycles. The number of carbonyl (C=O) groups excluding carboxylic acids is 2. The first kappa shape index (κ1) is 23.5. The summed E-state index contributed by atoms with van der Waals surface area (Å²) in [4.78, 5) is 25.5. The quantitative estimate of drug-likeness (QED) is 0.593. The van der Waals surface area contributed by atoms with E-state index in [1.807, 2.05) is 0 Å². The molecule has 3 rings (SSSR count). The second-order valence-electron chi connectivity index (χ2n) is 7.33. The molecule has 1 saturated heterocycles. The van der Waals surface area contributed by atoms with E-state index in [0.29, 0.717) is 18.8 Å². The summed E-state index contributed by atoms with van der Waals surface area (Å²) in [6, 6.07) is 10.8. The van der Waals surface area contributed by atoms with Crippen molar-refractivity contribution in [2.45, 2.75) is 24.2 Å². The van der Waals surface area contributed by atoms with Gasteiger partial charge in [-0.05, 0) is 43.2 Å². The summed E-state index contributed by atoms with van der Waals surface area (Å²) in [5, 5.41) is 5.38. The van der Waals surface area contributed by atoms with Crippen LogP contribution in [0.25, 0.3) is 0 Å². The molecule has 1 aliphatic heterocycles. The van der Waals surface area contributed by atoms with Crippen LogP contribution < -0.4 is 15.4 Å². The Morgan fingerprint density at radius 2 is 1.78 bits per heavy atom. The van der Waals surface area contributed by atoms with Crippen LogP contribution in [0.3, 0.4) is 0 Å². The normalized spacial score (nSPS) is 14.4. The van der Waals surface area contributed by atoms with Gasteiger partial charge in [0.25, 0.3) is 11.8 Å². The number of nitrogens with one attached hydrogen (secondary N) is 2. The monoisotopic (exact) mass is 457 g/mol. The van der Waals surface area contributed by atoms with Gasteiger partial charge in [-0.2, -0.15) is 4.31 Å². The van der Waals surface area contributed by atoms with Crippen molar-refractivity contribution in [2.24, 2.45) is 0 Å². The van der Waals surface area contributed by atoms with Gasteiger partial charge in [-0.3, -0.25) is 9.59 Å². The van der Waals surface area contributed by atoms with Gasteiger partial charge in [-0.25, -0.2) is 8.42 Å². The van der Waals surface area contributed by atoms with Crippen molar-refractivity contribution in [1.82, 2.24) is 9.62 Å². The zero-order valence-corrected chi connectivity index (χ0v) is 18.8. The minimum absolute atomic E-state index is 0.0300. The lowest BCUT2D eigenvalue weighted by atomic mass is 10.1. The van der Waals surface area contributed by atoms with Gasteiger partial charge in [0.2, 0.25) is 10.0 Å².